The Kier molecular flexibility index (Phi) is 6.88. The summed E-state index contributed by atoms with van der Waals surface area (Å²) < 4.78 is 0. The van der Waals surface area contributed by atoms with Crippen molar-refractivity contribution in [1.29, 1.82) is 0 Å². The second-order valence-corrected chi connectivity index (χ2v) is 9.06. The molecular formula is C20H29NSi. The Hall–Kier alpha value is -1.38. The van der Waals surface area contributed by atoms with Crippen LogP contribution in [0.1, 0.15) is 25.8 Å². The molecule has 0 saturated carbocycles. The van der Waals surface area contributed by atoms with E-state index in [2.05, 4.69) is 80.3 Å². The van der Waals surface area contributed by atoms with Crippen LogP contribution in [0.3, 0.4) is 0 Å². The molecule has 1 atom stereocenters. The third-order valence-electron chi connectivity index (χ3n) is 4.54. The summed E-state index contributed by atoms with van der Waals surface area (Å²) in [6, 6.07) is 21.8. The maximum Gasteiger partial charge on any atom is 0.103 e. The maximum absolute atomic E-state index is 2.53. The standard InChI is InChI=1S/C20H29NSi/c1-4-21(5-2)16-9-17-22(19-10-7-6-8-11-19)20-14-12-18(3)13-15-20/h6-8,10-15,22H,4-5,9,16-17H2,1-3H3. The summed E-state index contributed by atoms with van der Waals surface area (Å²) in [5.74, 6) is 0. The SMILES string of the molecule is CCN(CC)CCC[SiH](c1ccccc1)c1ccc(C)cc1. The molecule has 0 fully saturated rings. The molecule has 0 aliphatic heterocycles. The van der Waals surface area contributed by atoms with E-state index in [9.17, 15) is 0 Å². The van der Waals surface area contributed by atoms with Crippen molar-refractivity contribution in [1.82, 2.24) is 4.90 Å². The molecule has 0 radical (unpaired) electrons. The highest BCUT2D eigenvalue weighted by molar-refractivity contribution is 6.85. The molecule has 0 spiro atoms. The first kappa shape index (κ1) is 17.0. The van der Waals surface area contributed by atoms with Gasteiger partial charge in [-0.2, -0.15) is 0 Å². The van der Waals surface area contributed by atoms with Crippen LogP contribution in [0, 0.1) is 6.92 Å². The summed E-state index contributed by atoms with van der Waals surface area (Å²) >= 11 is 0. The highest BCUT2D eigenvalue weighted by Crippen LogP contribution is 2.04. The van der Waals surface area contributed by atoms with Gasteiger partial charge in [-0.25, -0.2) is 0 Å². The van der Waals surface area contributed by atoms with Crippen LogP contribution in [0.5, 0.6) is 0 Å². The summed E-state index contributed by atoms with van der Waals surface area (Å²) in [6.07, 6.45) is 1.31. The van der Waals surface area contributed by atoms with Gasteiger partial charge < -0.3 is 4.90 Å². The number of nitrogens with zero attached hydrogens (tertiary/aromatic N) is 1. The lowest BCUT2D eigenvalue weighted by Crippen LogP contribution is -2.42. The monoisotopic (exact) mass is 311 g/mol. The summed E-state index contributed by atoms with van der Waals surface area (Å²) in [4.78, 5) is 2.53. The Balaban J connectivity index is 2.10. The van der Waals surface area contributed by atoms with E-state index in [0.29, 0.717) is 0 Å². The zero-order valence-electron chi connectivity index (χ0n) is 14.3. The van der Waals surface area contributed by atoms with E-state index < -0.39 is 8.80 Å². The predicted octanol–water partition coefficient (Wildman–Crippen LogP) is 3.07. The highest BCUT2D eigenvalue weighted by atomic mass is 28.3. The van der Waals surface area contributed by atoms with E-state index in [1.807, 2.05) is 0 Å². The predicted molar refractivity (Wildman–Crippen MR) is 101 cm³/mol. The molecule has 0 bridgehead atoms. The van der Waals surface area contributed by atoms with Gasteiger partial charge in [-0.3, -0.25) is 0 Å². The Morgan fingerprint density at radius 3 is 2.00 bits per heavy atom. The Morgan fingerprint density at radius 1 is 0.818 bits per heavy atom. The molecule has 0 aromatic heterocycles. The average Bonchev–Trinajstić information content (AvgIpc) is 2.57. The van der Waals surface area contributed by atoms with Crippen molar-refractivity contribution in [2.45, 2.75) is 33.2 Å². The Morgan fingerprint density at radius 2 is 1.41 bits per heavy atom. The van der Waals surface area contributed by atoms with Gasteiger partial charge in [0.05, 0.1) is 0 Å². The van der Waals surface area contributed by atoms with Crippen LogP contribution in [0.25, 0.3) is 0 Å². The van der Waals surface area contributed by atoms with Crippen molar-refractivity contribution in [3.63, 3.8) is 0 Å². The van der Waals surface area contributed by atoms with Crippen molar-refractivity contribution in [2.24, 2.45) is 0 Å². The van der Waals surface area contributed by atoms with E-state index >= 15 is 0 Å². The topological polar surface area (TPSA) is 3.24 Å². The largest absolute Gasteiger partial charge is 0.304 e. The van der Waals surface area contributed by atoms with E-state index in [0.717, 1.165) is 0 Å². The Bertz CT molecular complexity index is 531. The molecule has 2 heteroatoms. The number of hydrogen-bond acceptors (Lipinski definition) is 1. The maximum atomic E-state index is 2.53. The van der Waals surface area contributed by atoms with Crippen molar-refractivity contribution >= 4 is 19.2 Å². The van der Waals surface area contributed by atoms with Crippen molar-refractivity contribution in [3.05, 3.63) is 60.2 Å². The molecule has 2 aromatic carbocycles. The van der Waals surface area contributed by atoms with Crippen LogP contribution in [-0.2, 0) is 0 Å². The zero-order valence-corrected chi connectivity index (χ0v) is 15.4. The normalized spacial score (nSPS) is 12.5. The van der Waals surface area contributed by atoms with Gasteiger partial charge >= 0.3 is 0 Å². The number of rotatable bonds is 8. The van der Waals surface area contributed by atoms with Gasteiger partial charge in [0.25, 0.3) is 0 Å². The third kappa shape index (κ3) is 4.82. The van der Waals surface area contributed by atoms with Crippen LogP contribution in [0.2, 0.25) is 6.04 Å². The van der Waals surface area contributed by atoms with Gasteiger partial charge in [0.15, 0.2) is 0 Å². The van der Waals surface area contributed by atoms with E-state index in [-0.39, 0.29) is 0 Å². The molecule has 2 rings (SSSR count). The van der Waals surface area contributed by atoms with Crippen LogP contribution in [-0.4, -0.2) is 33.3 Å². The molecule has 0 aliphatic carbocycles. The first-order chi connectivity index (χ1) is 10.7. The van der Waals surface area contributed by atoms with Crippen molar-refractivity contribution < 1.29 is 0 Å². The zero-order chi connectivity index (χ0) is 15.8. The van der Waals surface area contributed by atoms with Crippen molar-refractivity contribution in [3.8, 4) is 0 Å². The quantitative estimate of drug-likeness (QED) is 0.677. The molecule has 0 N–H and O–H groups in total. The molecule has 1 unspecified atom stereocenters. The lowest BCUT2D eigenvalue weighted by atomic mass is 10.2. The fraction of sp³-hybridized carbons (Fsp3) is 0.400. The highest BCUT2D eigenvalue weighted by Gasteiger charge is 2.16. The number of benzene rings is 2. The molecule has 22 heavy (non-hydrogen) atoms. The number of aryl methyl sites for hydroxylation is 1. The summed E-state index contributed by atoms with van der Waals surface area (Å²) in [5, 5.41) is 3.15. The van der Waals surface area contributed by atoms with E-state index in [4.69, 9.17) is 0 Å². The van der Waals surface area contributed by atoms with Crippen LogP contribution in [0.4, 0.5) is 0 Å². The molecule has 1 nitrogen and oxygen atoms in total. The first-order valence-corrected chi connectivity index (χ1v) is 10.6. The minimum absolute atomic E-state index is 1.08. The lowest BCUT2D eigenvalue weighted by molar-refractivity contribution is 0.304. The Labute approximate surface area is 137 Å². The van der Waals surface area contributed by atoms with Gasteiger partial charge in [0.1, 0.15) is 8.80 Å². The fourth-order valence-corrected chi connectivity index (χ4v) is 6.06. The van der Waals surface area contributed by atoms with Crippen LogP contribution < -0.4 is 10.4 Å². The smallest absolute Gasteiger partial charge is 0.103 e. The van der Waals surface area contributed by atoms with Gasteiger partial charge in [0.2, 0.25) is 0 Å². The molecular weight excluding hydrogens is 282 g/mol. The molecule has 0 saturated heterocycles. The lowest BCUT2D eigenvalue weighted by Gasteiger charge is -2.21. The van der Waals surface area contributed by atoms with Crippen molar-refractivity contribution in [2.75, 3.05) is 19.6 Å². The minimum Gasteiger partial charge on any atom is -0.304 e. The minimum atomic E-state index is -1.08. The van der Waals surface area contributed by atoms with E-state index in [1.165, 1.54) is 37.7 Å². The molecule has 0 aliphatic rings. The molecule has 0 heterocycles. The van der Waals surface area contributed by atoms with Crippen LogP contribution >= 0.6 is 0 Å². The summed E-state index contributed by atoms with van der Waals surface area (Å²) in [6.45, 7) is 10.3. The van der Waals surface area contributed by atoms with E-state index in [1.54, 1.807) is 10.4 Å². The van der Waals surface area contributed by atoms with Gasteiger partial charge in [0, 0.05) is 0 Å². The van der Waals surface area contributed by atoms with Gasteiger partial charge in [-0.1, -0.05) is 90.4 Å². The second-order valence-electron chi connectivity index (χ2n) is 6.04. The molecule has 118 valence electrons. The summed E-state index contributed by atoms with van der Waals surface area (Å²) in [7, 11) is -1.08. The fourth-order valence-electron chi connectivity index (χ4n) is 3.07. The molecule has 0 amide bonds. The molecule has 2 aromatic rings. The van der Waals surface area contributed by atoms with Gasteiger partial charge in [-0.05, 0) is 33.0 Å². The van der Waals surface area contributed by atoms with Crippen LogP contribution in [0.15, 0.2) is 54.6 Å². The third-order valence-corrected chi connectivity index (χ3v) is 7.91. The second kappa shape index (κ2) is 8.91. The average molecular weight is 312 g/mol. The van der Waals surface area contributed by atoms with Gasteiger partial charge in [-0.15, -0.1) is 0 Å². The first-order valence-electron chi connectivity index (χ1n) is 8.58. The number of hydrogen-bond donors (Lipinski definition) is 0. The summed E-state index contributed by atoms with van der Waals surface area (Å²) in [5.41, 5.74) is 1.35.